The second kappa shape index (κ2) is 11.8. The molecule has 196 valence electrons. The molecule has 0 N–H and O–H groups in total. The third kappa shape index (κ3) is 6.12. The van der Waals surface area contributed by atoms with E-state index in [9.17, 15) is 14.4 Å². The van der Waals surface area contributed by atoms with E-state index in [0.717, 1.165) is 12.0 Å². The Kier molecular flexibility index (Phi) is 8.47. The first kappa shape index (κ1) is 26.6. The van der Waals surface area contributed by atoms with Gasteiger partial charge in [0.2, 0.25) is 0 Å². The number of cyclic esters (lactones) is 1. The normalized spacial score (nSPS) is 20.9. The van der Waals surface area contributed by atoms with Crippen LogP contribution in [0.3, 0.4) is 0 Å². The van der Waals surface area contributed by atoms with Gasteiger partial charge in [0, 0.05) is 24.3 Å². The number of carbonyl (C=O) groups is 3. The zero-order valence-corrected chi connectivity index (χ0v) is 22.2. The molecule has 0 amide bonds. The van der Waals surface area contributed by atoms with Crippen LogP contribution in [0.1, 0.15) is 110 Å². The summed E-state index contributed by atoms with van der Waals surface area (Å²) in [4.78, 5) is 38.3. The molecule has 2 aliphatic heterocycles. The number of Topliss-reactive ketones (excluding diaryl/α,β-unsaturated/α-hetero) is 1. The molecule has 2 atom stereocenters. The molecule has 4 rings (SSSR count). The molecule has 0 spiro atoms. The maximum absolute atomic E-state index is 13.5. The van der Waals surface area contributed by atoms with Crippen LogP contribution in [0.4, 0.5) is 0 Å². The van der Waals surface area contributed by atoms with Crippen LogP contribution in [0.25, 0.3) is 6.08 Å². The first-order chi connectivity index (χ1) is 17.8. The van der Waals surface area contributed by atoms with E-state index in [1.165, 1.54) is 12.7 Å². The lowest BCUT2D eigenvalue weighted by Crippen LogP contribution is -2.24. The summed E-state index contributed by atoms with van der Waals surface area (Å²) in [7, 11) is 1.53. The Morgan fingerprint density at radius 1 is 1.03 bits per heavy atom. The Morgan fingerprint density at radius 2 is 1.76 bits per heavy atom. The Morgan fingerprint density at radius 3 is 2.46 bits per heavy atom. The van der Waals surface area contributed by atoms with E-state index >= 15 is 0 Å². The second-order valence-electron chi connectivity index (χ2n) is 10.3. The average Bonchev–Trinajstić information content (AvgIpc) is 2.86. The molecule has 2 heterocycles. The van der Waals surface area contributed by atoms with E-state index in [2.05, 4.69) is 26.0 Å². The van der Waals surface area contributed by atoms with Crippen LogP contribution in [0.2, 0.25) is 0 Å². The van der Waals surface area contributed by atoms with Gasteiger partial charge in [-0.15, -0.1) is 0 Å². The van der Waals surface area contributed by atoms with E-state index in [-0.39, 0.29) is 30.2 Å². The van der Waals surface area contributed by atoms with Gasteiger partial charge < -0.3 is 14.2 Å². The van der Waals surface area contributed by atoms with E-state index in [1.807, 2.05) is 31.2 Å². The number of hydrogen-bond acceptors (Lipinski definition) is 6. The highest BCUT2D eigenvalue weighted by Gasteiger charge is 2.36. The molecule has 6 heteroatoms. The maximum Gasteiger partial charge on any atom is 0.342 e. The lowest BCUT2D eigenvalue weighted by molar-refractivity contribution is -0.135. The van der Waals surface area contributed by atoms with Crippen LogP contribution in [0.15, 0.2) is 36.4 Å². The largest absolute Gasteiger partial charge is 0.495 e. The fourth-order valence-electron chi connectivity index (χ4n) is 5.11. The number of ether oxygens (including phenoxy) is 3. The summed E-state index contributed by atoms with van der Waals surface area (Å²) in [6.07, 6.45) is 7.34. The van der Waals surface area contributed by atoms with Crippen molar-refractivity contribution in [1.82, 2.24) is 0 Å². The van der Waals surface area contributed by atoms with E-state index in [0.29, 0.717) is 66.2 Å². The highest BCUT2D eigenvalue weighted by atomic mass is 16.5. The van der Waals surface area contributed by atoms with Gasteiger partial charge in [0.15, 0.2) is 0 Å². The minimum atomic E-state index is -0.485. The summed E-state index contributed by atoms with van der Waals surface area (Å²) in [6.45, 7) is 6.12. The predicted molar refractivity (Wildman–Crippen MR) is 142 cm³/mol. The summed E-state index contributed by atoms with van der Waals surface area (Å²) in [6, 6.07) is 9.97. The Balaban J connectivity index is 1.83. The zero-order chi connectivity index (χ0) is 26.5. The van der Waals surface area contributed by atoms with Crippen molar-refractivity contribution < 1.29 is 28.6 Å². The SMILES string of the molecule is COc1c2c(cc3c1[C@@H](c1ccc(C(C)C)cc1)CC(=O)O3)C=CCCCC(=O)CCC[C@H](C)OC2=O. The first-order valence-electron chi connectivity index (χ1n) is 13.2. The fourth-order valence-corrected chi connectivity index (χ4v) is 5.11. The molecule has 0 aliphatic carbocycles. The van der Waals surface area contributed by atoms with Crippen molar-refractivity contribution in [2.75, 3.05) is 7.11 Å². The molecule has 2 aromatic rings. The third-order valence-corrected chi connectivity index (χ3v) is 7.17. The number of hydrogen-bond donors (Lipinski definition) is 0. The average molecular weight is 505 g/mol. The molecule has 37 heavy (non-hydrogen) atoms. The standard InChI is InChI=1S/C31H36O6/c1-19(2)21-13-15-22(16-14-21)25-18-27(33)37-26-17-23-10-6-5-7-11-24(32)12-8-9-20(3)36-31(34)28(23)30(35-4)29(25)26/h6,10,13-17,19-20,25H,5,7-9,11-12,18H2,1-4H3/t20-,25+/m0/s1. The number of allylic oxidation sites excluding steroid dienone is 1. The molecule has 0 saturated carbocycles. The summed E-state index contributed by atoms with van der Waals surface area (Å²) in [5.74, 6) is 0.274. The maximum atomic E-state index is 13.5. The van der Waals surface area contributed by atoms with Gasteiger partial charge in [-0.25, -0.2) is 4.79 Å². The molecule has 0 bridgehead atoms. The minimum Gasteiger partial charge on any atom is -0.495 e. The van der Waals surface area contributed by atoms with Crippen molar-refractivity contribution in [3.05, 3.63) is 64.2 Å². The monoisotopic (exact) mass is 504 g/mol. The number of ketones is 1. The van der Waals surface area contributed by atoms with Gasteiger partial charge in [0.1, 0.15) is 22.8 Å². The van der Waals surface area contributed by atoms with E-state index in [1.54, 1.807) is 6.07 Å². The predicted octanol–water partition coefficient (Wildman–Crippen LogP) is 6.74. The van der Waals surface area contributed by atoms with Gasteiger partial charge in [-0.3, -0.25) is 9.59 Å². The summed E-state index contributed by atoms with van der Waals surface area (Å²) < 4.78 is 17.4. The smallest absolute Gasteiger partial charge is 0.342 e. The highest BCUT2D eigenvalue weighted by Crippen LogP contribution is 2.47. The van der Waals surface area contributed by atoms with Gasteiger partial charge in [-0.2, -0.15) is 0 Å². The van der Waals surface area contributed by atoms with Crippen LogP contribution in [0.5, 0.6) is 11.5 Å². The number of esters is 2. The first-order valence-corrected chi connectivity index (χ1v) is 13.2. The van der Waals surface area contributed by atoms with Crippen LogP contribution in [-0.2, 0) is 14.3 Å². The molecule has 0 fully saturated rings. The Hall–Kier alpha value is -3.41. The van der Waals surface area contributed by atoms with E-state index < -0.39 is 5.97 Å². The number of rotatable bonds is 3. The van der Waals surface area contributed by atoms with Crippen LogP contribution >= 0.6 is 0 Å². The molecule has 0 aromatic heterocycles. The number of methoxy groups -OCH3 is 1. The molecule has 0 saturated heterocycles. The van der Waals surface area contributed by atoms with Crippen LogP contribution in [0, 0.1) is 0 Å². The minimum absolute atomic E-state index is 0.151. The van der Waals surface area contributed by atoms with Crippen molar-refractivity contribution in [2.24, 2.45) is 0 Å². The lowest BCUT2D eigenvalue weighted by Gasteiger charge is -2.29. The van der Waals surface area contributed by atoms with Gasteiger partial charge in [0.25, 0.3) is 0 Å². The quantitative estimate of drug-likeness (QED) is 0.340. The van der Waals surface area contributed by atoms with Gasteiger partial charge in [-0.1, -0.05) is 50.3 Å². The van der Waals surface area contributed by atoms with Crippen molar-refractivity contribution in [3.8, 4) is 11.5 Å². The van der Waals surface area contributed by atoms with Crippen molar-refractivity contribution in [3.63, 3.8) is 0 Å². The summed E-state index contributed by atoms with van der Waals surface area (Å²) >= 11 is 0. The molecule has 0 unspecified atom stereocenters. The lowest BCUT2D eigenvalue weighted by atomic mass is 9.83. The molecular weight excluding hydrogens is 468 g/mol. The van der Waals surface area contributed by atoms with Crippen molar-refractivity contribution in [1.29, 1.82) is 0 Å². The topological polar surface area (TPSA) is 78.9 Å². The Bertz CT molecular complexity index is 1190. The zero-order valence-electron chi connectivity index (χ0n) is 22.2. The third-order valence-electron chi connectivity index (χ3n) is 7.17. The van der Waals surface area contributed by atoms with Crippen molar-refractivity contribution >= 4 is 23.8 Å². The van der Waals surface area contributed by atoms with E-state index in [4.69, 9.17) is 14.2 Å². The summed E-state index contributed by atoms with van der Waals surface area (Å²) in [5, 5.41) is 0. The van der Waals surface area contributed by atoms with Crippen LogP contribution < -0.4 is 9.47 Å². The van der Waals surface area contributed by atoms with Crippen LogP contribution in [-0.4, -0.2) is 30.9 Å². The number of fused-ring (bicyclic) bond motifs is 2. The molecular formula is C31H36O6. The number of carbonyl (C=O) groups excluding carboxylic acids is 3. The summed E-state index contributed by atoms with van der Waals surface area (Å²) in [5.41, 5.74) is 3.76. The van der Waals surface area contributed by atoms with Gasteiger partial charge in [0.05, 0.1) is 19.6 Å². The molecule has 2 aliphatic rings. The number of benzene rings is 2. The molecule has 6 nitrogen and oxygen atoms in total. The fraction of sp³-hybridized carbons (Fsp3) is 0.452. The van der Waals surface area contributed by atoms with Crippen molar-refractivity contribution in [2.45, 2.75) is 83.7 Å². The second-order valence-corrected chi connectivity index (χ2v) is 10.3. The Labute approximate surface area is 219 Å². The highest BCUT2D eigenvalue weighted by molar-refractivity contribution is 5.99. The molecule has 2 aromatic carbocycles. The van der Waals surface area contributed by atoms with Gasteiger partial charge >= 0.3 is 11.9 Å². The molecule has 0 radical (unpaired) electrons. The van der Waals surface area contributed by atoms with Gasteiger partial charge in [-0.05, 0) is 61.3 Å².